The zero-order valence-electron chi connectivity index (χ0n) is 11.8. The molecule has 112 valence electrons. The van der Waals surface area contributed by atoms with E-state index in [9.17, 15) is 9.59 Å². The molecule has 0 aromatic carbocycles. The van der Waals surface area contributed by atoms with Crippen molar-refractivity contribution in [2.75, 3.05) is 5.32 Å². The number of anilines is 1. The van der Waals surface area contributed by atoms with E-state index in [-0.39, 0.29) is 18.1 Å². The van der Waals surface area contributed by atoms with Crippen LogP contribution in [0.3, 0.4) is 0 Å². The van der Waals surface area contributed by atoms with Crippen molar-refractivity contribution in [1.29, 1.82) is 0 Å². The number of nitrogens with zero attached hydrogens (tertiary/aromatic N) is 4. The molecule has 3 rings (SSSR count). The fourth-order valence-corrected chi connectivity index (χ4v) is 2.47. The van der Waals surface area contributed by atoms with E-state index < -0.39 is 0 Å². The lowest BCUT2D eigenvalue weighted by Gasteiger charge is -2.00. The third kappa shape index (κ3) is 2.88. The summed E-state index contributed by atoms with van der Waals surface area (Å²) in [7, 11) is 0. The second kappa shape index (κ2) is 5.55. The minimum atomic E-state index is -0.348. The van der Waals surface area contributed by atoms with Crippen LogP contribution in [-0.4, -0.2) is 25.4 Å². The molecule has 0 saturated carbocycles. The smallest absolute Gasteiger partial charge is 0.346 e. The molecule has 0 aliphatic carbocycles. The molecule has 1 aliphatic rings. The van der Waals surface area contributed by atoms with E-state index >= 15 is 0 Å². The molecule has 0 atom stereocenters. The van der Waals surface area contributed by atoms with Crippen LogP contribution >= 0.6 is 0 Å². The van der Waals surface area contributed by atoms with Crippen molar-refractivity contribution in [3.63, 3.8) is 0 Å². The van der Waals surface area contributed by atoms with Gasteiger partial charge in [-0.25, -0.2) is 9.48 Å². The second-order valence-electron chi connectivity index (χ2n) is 5.19. The number of hydrogen-bond acceptors (Lipinski definition) is 5. The van der Waals surface area contributed by atoms with Gasteiger partial charge in [0.05, 0.1) is 0 Å². The lowest BCUT2D eigenvalue weighted by molar-refractivity contribution is -0.117. The first-order chi connectivity index (χ1) is 10.1. The van der Waals surface area contributed by atoms with Gasteiger partial charge in [-0.15, -0.1) is 0 Å². The minimum absolute atomic E-state index is 0.120. The predicted molar refractivity (Wildman–Crippen MR) is 73.9 cm³/mol. The molecule has 2 aromatic rings. The fourth-order valence-electron chi connectivity index (χ4n) is 2.47. The number of fused-ring (bicyclic) bond motifs is 1. The summed E-state index contributed by atoms with van der Waals surface area (Å²) in [6.07, 6.45) is 3.89. The van der Waals surface area contributed by atoms with Crippen molar-refractivity contribution < 1.29 is 9.32 Å². The lowest BCUT2D eigenvalue weighted by Crippen LogP contribution is -2.30. The quantitative estimate of drug-likeness (QED) is 0.898. The number of rotatable bonds is 3. The van der Waals surface area contributed by atoms with E-state index in [0.29, 0.717) is 18.1 Å². The van der Waals surface area contributed by atoms with Gasteiger partial charge >= 0.3 is 5.69 Å². The standard InChI is InChI=1S/C13H17N5O3/c1-9-7-10(16-21-9)14-12(19)8-18-13(20)17-6-4-2-3-5-11(17)15-18/h7H,2-6,8H2,1H3,(H,14,16,19). The van der Waals surface area contributed by atoms with Gasteiger partial charge in [-0.1, -0.05) is 11.6 Å². The maximum Gasteiger partial charge on any atom is 0.346 e. The second-order valence-corrected chi connectivity index (χ2v) is 5.19. The van der Waals surface area contributed by atoms with Crippen LogP contribution in [0.4, 0.5) is 5.82 Å². The molecule has 0 unspecified atom stereocenters. The molecular formula is C13H17N5O3. The lowest BCUT2D eigenvalue weighted by atomic mass is 10.2. The molecule has 8 heteroatoms. The zero-order chi connectivity index (χ0) is 14.8. The number of amides is 1. The Morgan fingerprint density at radius 3 is 3.05 bits per heavy atom. The van der Waals surface area contributed by atoms with Crippen LogP contribution in [0.25, 0.3) is 0 Å². The van der Waals surface area contributed by atoms with Crippen LogP contribution in [0.2, 0.25) is 0 Å². The van der Waals surface area contributed by atoms with Crippen molar-refractivity contribution in [3.8, 4) is 0 Å². The van der Waals surface area contributed by atoms with E-state index in [0.717, 1.165) is 31.5 Å². The normalized spacial score (nSPS) is 14.5. The number of hydrogen-bond donors (Lipinski definition) is 1. The summed E-state index contributed by atoms with van der Waals surface area (Å²) in [6, 6.07) is 1.61. The summed E-state index contributed by atoms with van der Waals surface area (Å²) in [5, 5.41) is 10.5. The minimum Gasteiger partial charge on any atom is -0.360 e. The van der Waals surface area contributed by atoms with E-state index in [2.05, 4.69) is 15.6 Å². The van der Waals surface area contributed by atoms with Crippen LogP contribution in [0.15, 0.2) is 15.4 Å². The van der Waals surface area contributed by atoms with E-state index in [1.807, 2.05) is 0 Å². The van der Waals surface area contributed by atoms with Gasteiger partial charge in [-0.05, 0) is 19.8 Å². The van der Waals surface area contributed by atoms with Crippen LogP contribution in [0.1, 0.15) is 30.8 Å². The number of nitrogens with one attached hydrogen (secondary N) is 1. The summed E-state index contributed by atoms with van der Waals surface area (Å²) in [5.41, 5.74) is -0.224. The first-order valence-corrected chi connectivity index (χ1v) is 7.03. The molecule has 1 aliphatic heterocycles. The highest BCUT2D eigenvalue weighted by molar-refractivity contribution is 5.89. The van der Waals surface area contributed by atoms with Gasteiger partial charge in [0.15, 0.2) is 5.82 Å². The van der Waals surface area contributed by atoms with E-state index in [1.54, 1.807) is 17.6 Å². The highest BCUT2D eigenvalue weighted by atomic mass is 16.5. The summed E-state index contributed by atoms with van der Waals surface area (Å²) in [5.74, 6) is 1.36. The molecule has 1 amide bonds. The van der Waals surface area contributed by atoms with Crippen molar-refractivity contribution >= 4 is 11.7 Å². The number of carbonyl (C=O) groups excluding carboxylic acids is 1. The van der Waals surface area contributed by atoms with Gasteiger partial charge in [-0.2, -0.15) is 5.10 Å². The summed E-state index contributed by atoms with van der Waals surface area (Å²) < 4.78 is 7.74. The van der Waals surface area contributed by atoms with Crippen LogP contribution in [0.5, 0.6) is 0 Å². The summed E-state index contributed by atoms with van der Waals surface area (Å²) in [4.78, 5) is 24.1. The Labute approximate surface area is 120 Å². The van der Waals surface area contributed by atoms with Gasteiger partial charge in [0.1, 0.15) is 18.1 Å². The Balaban J connectivity index is 1.73. The Bertz CT molecular complexity index is 712. The maximum absolute atomic E-state index is 12.2. The molecule has 1 N–H and O–H groups in total. The molecule has 0 radical (unpaired) electrons. The largest absolute Gasteiger partial charge is 0.360 e. The highest BCUT2D eigenvalue weighted by Crippen LogP contribution is 2.10. The van der Waals surface area contributed by atoms with Crippen molar-refractivity contribution in [2.24, 2.45) is 0 Å². The number of aromatic nitrogens is 4. The third-order valence-electron chi connectivity index (χ3n) is 3.47. The van der Waals surface area contributed by atoms with Gasteiger partial charge in [-0.3, -0.25) is 9.36 Å². The molecule has 0 saturated heterocycles. The molecule has 0 fully saturated rings. The van der Waals surface area contributed by atoms with Crippen LogP contribution in [0, 0.1) is 6.92 Å². The van der Waals surface area contributed by atoms with Crippen LogP contribution in [-0.2, 0) is 24.3 Å². The summed E-state index contributed by atoms with van der Waals surface area (Å²) in [6.45, 7) is 2.29. The SMILES string of the molecule is Cc1cc(NC(=O)Cn2nc3n(c2=O)CCCCC3)no1. The molecule has 3 heterocycles. The first-order valence-electron chi connectivity index (χ1n) is 7.03. The molecule has 8 nitrogen and oxygen atoms in total. The highest BCUT2D eigenvalue weighted by Gasteiger charge is 2.17. The van der Waals surface area contributed by atoms with E-state index in [4.69, 9.17) is 4.52 Å². The molecule has 2 aromatic heterocycles. The Morgan fingerprint density at radius 1 is 1.43 bits per heavy atom. The number of aryl methyl sites for hydroxylation is 2. The average Bonchev–Trinajstić information content (AvgIpc) is 2.86. The zero-order valence-corrected chi connectivity index (χ0v) is 11.8. The number of carbonyl (C=O) groups is 1. The van der Waals surface area contributed by atoms with Crippen molar-refractivity contribution in [1.82, 2.24) is 19.5 Å². The van der Waals surface area contributed by atoms with Gasteiger partial charge in [0, 0.05) is 19.0 Å². The Hall–Kier alpha value is -2.38. The Morgan fingerprint density at radius 2 is 2.29 bits per heavy atom. The fraction of sp³-hybridized carbons (Fsp3) is 0.538. The molecule has 0 spiro atoms. The van der Waals surface area contributed by atoms with Crippen molar-refractivity contribution in [3.05, 3.63) is 28.1 Å². The monoisotopic (exact) mass is 291 g/mol. The first kappa shape index (κ1) is 13.6. The van der Waals surface area contributed by atoms with Gasteiger partial charge < -0.3 is 9.84 Å². The van der Waals surface area contributed by atoms with Crippen molar-refractivity contribution in [2.45, 2.75) is 45.7 Å². The van der Waals surface area contributed by atoms with E-state index in [1.165, 1.54) is 4.68 Å². The van der Waals surface area contributed by atoms with Crippen LogP contribution < -0.4 is 11.0 Å². The summed E-state index contributed by atoms with van der Waals surface area (Å²) >= 11 is 0. The molecule has 0 bridgehead atoms. The van der Waals surface area contributed by atoms with Gasteiger partial charge in [0.2, 0.25) is 5.91 Å². The maximum atomic E-state index is 12.2. The topological polar surface area (TPSA) is 95.0 Å². The van der Waals surface area contributed by atoms with Gasteiger partial charge in [0.25, 0.3) is 0 Å². The third-order valence-corrected chi connectivity index (χ3v) is 3.47. The molecular weight excluding hydrogens is 274 g/mol. The molecule has 21 heavy (non-hydrogen) atoms. The average molecular weight is 291 g/mol. The Kier molecular flexibility index (Phi) is 3.59. The predicted octanol–water partition coefficient (Wildman–Crippen LogP) is 0.706.